The molecule has 0 aliphatic carbocycles. The molecule has 1 rings (SSSR count). The quantitative estimate of drug-likeness (QED) is 0.601. The van der Waals surface area contributed by atoms with E-state index in [0.717, 1.165) is 5.56 Å². The summed E-state index contributed by atoms with van der Waals surface area (Å²) in [6.07, 6.45) is 3.36. The highest BCUT2D eigenvalue weighted by atomic mass is 35.5. The first-order chi connectivity index (χ1) is 10.3. The van der Waals surface area contributed by atoms with Gasteiger partial charge in [0.15, 0.2) is 0 Å². The smallest absolute Gasteiger partial charge is 0.407 e. The molecule has 2 N–H and O–H groups in total. The van der Waals surface area contributed by atoms with E-state index >= 15 is 0 Å². The number of carbonyl (C=O) groups excluding carboxylic acids is 1. The summed E-state index contributed by atoms with van der Waals surface area (Å²) < 4.78 is 5.12. The molecule has 0 aliphatic heterocycles. The highest BCUT2D eigenvalue weighted by Crippen LogP contribution is 2.25. The maximum Gasteiger partial charge on any atom is 0.407 e. The summed E-state index contributed by atoms with van der Waals surface area (Å²) in [5, 5.41) is 7.00. The molecule has 0 aliphatic rings. The Kier molecular flexibility index (Phi) is 7.73. The van der Waals surface area contributed by atoms with Crippen molar-refractivity contribution >= 4 is 29.3 Å². The highest BCUT2D eigenvalue weighted by molar-refractivity contribution is 6.42. The molecule has 0 unspecified atom stereocenters. The minimum atomic E-state index is -0.481. The van der Waals surface area contributed by atoms with E-state index < -0.39 is 11.7 Å². The van der Waals surface area contributed by atoms with Crippen LogP contribution in [0.1, 0.15) is 26.3 Å². The first kappa shape index (κ1) is 18.8. The second-order valence-corrected chi connectivity index (χ2v) is 6.48. The van der Waals surface area contributed by atoms with Gasteiger partial charge in [-0.05, 0) is 32.4 Å². The number of rotatable bonds is 6. The number of amides is 1. The lowest BCUT2D eigenvalue weighted by Crippen LogP contribution is -2.32. The summed E-state index contributed by atoms with van der Waals surface area (Å²) in [7, 11) is 0. The molecule has 6 heteroatoms. The van der Waals surface area contributed by atoms with Crippen LogP contribution in [0.5, 0.6) is 0 Å². The zero-order valence-corrected chi connectivity index (χ0v) is 14.6. The van der Waals surface area contributed by atoms with Crippen LogP contribution < -0.4 is 10.6 Å². The summed E-state index contributed by atoms with van der Waals surface area (Å²) in [5.74, 6) is 0. The molecule has 1 amide bonds. The summed E-state index contributed by atoms with van der Waals surface area (Å²) in [6, 6.07) is 5.55. The Bertz CT molecular complexity index is 525. The van der Waals surface area contributed by atoms with E-state index in [4.69, 9.17) is 27.9 Å². The summed E-state index contributed by atoms with van der Waals surface area (Å²) >= 11 is 12.0. The minimum Gasteiger partial charge on any atom is -0.444 e. The third-order valence-electron chi connectivity index (χ3n) is 2.54. The highest BCUT2D eigenvalue weighted by Gasteiger charge is 2.14. The summed E-state index contributed by atoms with van der Waals surface area (Å²) in [5.41, 5.74) is 0.473. The molecule has 1 aromatic carbocycles. The van der Waals surface area contributed by atoms with Crippen LogP contribution in [-0.2, 0) is 11.3 Å². The van der Waals surface area contributed by atoms with Crippen molar-refractivity contribution in [2.45, 2.75) is 32.9 Å². The predicted octanol–water partition coefficient (Wildman–Crippen LogP) is 4.16. The number of ether oxygens (including phenoxy) is 1. The van der Waals surface area contributed by atoms with E-state index in [0.29, 0.717) is 29.7 Å². The van der Waals surface area contributed by atoms with Gasteiger partial charge in [-0.25, -0.2) is 4.79 Å². The van der Waals surface area contributed by atoms with Crippen molar-refractivity contribution in [1.29, 1.82) is 0 Å². The van der Waals surface area contributed by atoms with Crippen LogP contribution in [0.3, 0.4) is 0 Å². The molecule has 0 saturated heterocycles. The lowest BCUT2D eigenvalue weighted by Gasteiger charge is -2.19. The normalized spacial score (nSPS) is 11.7. The van der Waals surface area contributed by atoms with Crippen molar-refractivity contribution < 1.29 is 9.53 Å². The lowest BCUT2D eigenvalue weighted by atomic mass is 10.2. The van der Waals surface area contributed by atoms with Crippen molar-refractivity contribution in [3.8, 4) is 0 Å². The van der Waals surface area contributed by atoms with Crippen LogP contribution in [0.2, 0.25) is 10.0 Å². The van der Waals surface area contributed by atoms with Crippen molar-refractivity contribution in [2.24, 2.45) is 0 Å². The first-order valence-electron chi connectivity index (χ1n) is 7.05. The molecular formula is C16H22Cl2N2O2. The maximum atomic E-state index is 11.4. The van der Waals surface area contributed by atoms with Gasteiger partial charge in [0.1, 0.15) is 5.60 Å². The summed E-state index contributed by atoms with van der Waals surface area (Å²) in [6.45, 7) is 7.20. The van der Waals surface area contributed by atoms with E-state index in [1.807, 2.05) is 45.1 Å². The van der Waals surface area contributed by atoms with Gasteiger partial charge in [-0.2, -0.15) is 0 Å². The third-order valence-corrected chi connectivity index (χ3v) is 3.40. The number of hydrogen-bond donors (Lipinski definition) is 2. The van der Waals surface area contributed by atoms with Crippen molar-refractivity contribution in [2.75, 3.05) is 13.1 Å². The topological polar surface area (TPSA) is 50.4 Å². The van der Waals surface area contributed by atoms with Crippen LogP contribution in [0.4, 0.5) is 4.79 Å². The fraction of sp³-hybridized carbons (Fsp3) is 0.438. The molecule has 22 heavy (non-hydrogen) atoms. The van der Waals surface area contributed by atoms with Crippen LogP contribution in [0, 0.1) is 0 Å². The Hall–Kier alpha value is -1.23. The Morgan fingerprint density at radius 2 is 1.91 bits per heavy atom. The molecule has 0 radical (unpaired) electrons. The van der Waals surface area contributed by atoms with Crippen LogP contribution >= 0.6 is 23.2 Å². The van der Waals surface area contributed by atoms with Gasteiger partial charge in [0.25, 0.3) is 0 Å². The molecule has 0 fully saturated rings. The van der Waals surface area contributed by atoms with Crippen molar-refractivity contribution in [3.63, 3.8) is 0 Å². The van der Waals surface area contributed by atoms with Gasteiger partial charge in [-0.3, -0.25) is 0 Å². The Morgan fingerprint density at radius 3 is 2.59 bits per heavy atom. The minimum absolute atomic E-state index is 0.421. The van der Waals surface area contributed by atoms with Crippen molar-refractivity contribution in [1.82, 2.24) is 10.6 Å². The molecule has 0 spiro atoms. The number of carbonyl (C=O) groups is 1. The van der Waals surface area contributed by atoms with Gasteiger partial charge in [0, 0.05) is 19.6 Å². The predicted molar refractivity (Wildman–Crippen MR) is 91.5 cm³/mol. The van der Waals surface area contributed by atoms with E-state index in [2.05, 4.69) is 10.6 Å². The van der Waals surface area contributed by atoms with E-state index in [9.17, 15) is 4.79 Å². The first-order valence-corrected chi connectivity index (χ1v) is 7.80. The number of benzene rings is 1. The largest absolute Gasteiger partial charge is 0.444 e. The molecule has 122 valence electrons. The Labute approximate surface area is 141 Å². The average molecular weight is 345 g/mol. The van der Waals surface area contributed by atoms with Gasteiger partial charge in [-0.1, -0.05) is 47.5 Å². The molecule has 1 aromatic rings. The van der Waals surface area contributed by atoms with Gasteiger partial charge in [0.05, 0.1) is 10.0 Å². The van der Waals surface area contributed by atoms with Crippen LogP contribution in [0.15, 0.2) is 30.4 Å². The van der Waals surface area contributed by atoms with E-state index in [-0.39, 0.29) is 0 Å². The number of alkyl carbamates (subject to hydrolysis) is 1. The molecule has 0 aromatic heterocycles. The van der Waals surface area contributed by atoms with E-state index in [1.165, 1.54) is 0 Å². The number of nitrogens with one attached hydrogen (secondary N) is 2. The van der Waals surface area contributed by atoms with Gasteiger partial charge in [-0.15, -0.1) is 0 Å². The molecule has 0 saturated carbocycles. The van der Waals surface area contributed by atoms with Gasteiger partial charge < -0.3 is 15.4 Å². The zero-order chi connectivity index (χ0) is 16.6. The van der Waals surface area contributed by atoms with Crippen LogP contribution in [-0.4, -0.2) is 24.8 Å². The maximum absolute atomic E-state index is 11.4. The van der Waals surface area contributed by atoms with Crippen molar-refractivity contribution in [3.05, 3.63) is 46.0 Å². The molecule has 0 atom stereocenters. The second-order valence-electron chi connectivity index (χ2n) is 5.70. The lowest BCUT2D eigenvalue weighted by molar-refractivity contribution is 0.0534. The Morgan fingerprint density at radius 1 is 1.23 bits per heavy atom. The van der Waals surface area contributed by atoms with E-state index in [1.54, 1.807) is 6.07 Å². The molecule has 0 heterocycles. The monoisotopic (exact) mass is 344 g/mol. The molecular weight excluding hydrogens is 323 g/mol. The van der Waals surface area contributed by atoms with Crippen LogP contribution in [0.25, 0.3) is 0 Å². The second kappa shape index (κ2) is 9.03. The Balaban J connectivity index is 2.19. The van der Waals surface area contributed by atoms with Gasteiger partial charge >= 0.3 is 6.09 Å². The standard InChI is InChI=1S/C16H22Cl2N2O2/c1-16(2,3)22-15(21)20-10-5-4-9-19-11-12-7-6-8-13(17)14(12)18/h4-8,19H,9-11H2,1-3H3,(H,20,21)/b5-4+. The third kappa shape index (κ3) is 7.69. The fourth-order valence-electron chi connectivity index (χ4n) is 1.60. The number of hydrogen-bond acceptors (Lipinski definition) is 3. The zero-order valence-electron chi connectivity index (χ0n) is 13.1. The SMILES string of the molecule is CC(C)(C)OC(=O)NC/C=C/CNCc1cccc(Cl)c1Cl. The summed E-state index contributed by atoms with van der Waals surface area (Å²) in [4.78, 5) is 11.4. The number of halogens is 2. The average Bonchev–Trinajstić information content (AvgIpc) is 2.40. The van der Waals surface area contributed by atoms with Gasteiger partial charge in [0.2, 0.25) is 0 Å². The molecule has 0 bridgehead atoms. The molecule has 4 nitrogen and oxygen atoms in total. The fourth-order valence-corrected chi connectivity index (χ4v) is 1.99.